The number of nitrogens with one attached hydrogen (secondary N) is 3. The number of likely N-dealkylation sites (tertiary alicyclic amines) is 1. The maximum absolute atomic E-state index is 13.0. The van der Waals surface area contributed by atoms with Crippen molar-refractivity contribution in [2.24, 2.45) is 11.5 Å². The van der Waals surface area contributed by atoms with E-state index < -0.39 is 41.8 Å². The van der Waals surface area contributed by atoms with Crippen molar-refractivity contribution in [2.75, 3.05) is 19.6 Å². The molecule has 8 N–H and O–H groups in total. The van der Waals surface area contributed by atoms with Gasteiger partial charge in [0.25, 0.3) is 0 Å². The summed E-state index contributed by atoms with van der Waals surface area (Å²) in [5, 5.41) is 17.6. The number of carboxylic acid groups (broad SMARTS) is 1. The van der Waals surface area contributed by atoms with Crippen LogP contribution in [-0.4, -0.2) is 83.4 Å². The first-order valence-electron chi connectivity index (χ1n) is 11.6. The molecule has 0 spiro atoms. The molecule has 4 atom stereocenters. The minimum absolute atomic E-state index is 0.105. The van der Waals surface area contributed by atoms with Crippen LogP contribution < -0.4 is 27.4 Å². The van der Waals surface area contributed by atoms with E-state index in [4.69, 9.17) is 11.5 Å². The molecular weight excluding hydrogens is 432 g/mol. The van der Waals surface area contributed by atoms with Crippen LogP contribution in [0.2, 0.25) is 0 Å². The van der Waals surface area contributed by atoms with Gasteiger partial charge in [0.1, 0.15) is 18.1 Å². The van der Waals surface area contributed by atoms with Crippen LogP contribution in [0.3, 0.4) is 0 Å². The molecule has 0 aliphatic carbocycles. The van der Waals surface area contributed by atoms with Crippen LogP contribution in [0, 0.1) is 0 Å². The fourth-order valence-electron chi connectivity index (χ4n) is 4.24. The zero-order valence-electron chi connectivity index (χ0n) is 18.9. The number of nitrogens with two attached hydrogens (primary N) is 2. The van der Waals surface area contributed by atoms with E-state index in [0.29, 0.717) is 38.8 Å². The molecule has 2 aliphatic rings. The van der Waals surface area contributed by atoms with Crippen LogP contribution in [-0.2, 0) is 24.0 Å². The third-order valence-electron chi connectivity index (χ3n) is 6.07. The predicted molar refractivity (Wildman–Crippen MR) is 119 cm³/mol. The molecule has 2 heterocycles. The third kappa shape index (κ3) is 7.97. The largest absolute Gasteiger partial charge is 0.480 e. The van der Waals surface area contributed by atoms with E-state index in [1.54, 1.807) is 4.90 Å². The molecule has 186 valence electrons. The van der Waals surface area contributed by atoms with Crippen molar-refractivity contribution in [3.63, 3.8) is 0 Å². The number of hydrogen-bond acceptors (Lipinski definition) is 7. The molecule has 33 heavy (non-hydrogen) atoms. The molecule has 2 fully saturated rings. The summed E-state index contributed by atoms with van der Waals surface area (Å²) in [7, 11) is 0. The number of carbonyl (C=O) groups is 5. The molecule has 2 rings (SSSR count). The van der Waals surface area contributed by atoms with Crippen LogP contribution in [0.4, 0.5) is 0 Å². The van der Waals surface area contributed by atoms with Crippen molar-refractivity contribution in [2.45, 2.75) is 82.0 Å². The van der Waals surface area contributed by atoms with Crippen LogP contribution in [0.5, 0.6) is 0 Å². The molecule has 12 nitrogen and oxygen atoms in total. The Hall–Kier alpha value is -2.73. The molecule has 0 aromatic rings. The Bertz CT molecular complexity index is 726. The van der Waals surface area contributed by atoms with Crippen LogP contribution in [0.1, 0.15) is 57.8 Å². The first kappa shape index (κ1) is 26.5. The van der Waals surface area contributed by atoms with Gasteiger partial charge < -0.3 is 37.4 Å². The molecule has 0 bridgehead atoms. The van der Waals surface area contributed by atoms with Gasteiger partial charge in [-0.15, -0.1) is 0 Å². The van der Waals surface area contributed by atoms with Crippen LogP contribution >= 0.6 is 0 Å². The summed E-state index contributed by atoms with van der Waals surface area (Å²) in [6.07, 6.45) is 3.92. The number of carboxylic acids is 1. The average Bonchev–Trinajstić information content (AvgIpc) is 3.47. The van der Waals surface area contributed by atoms with Gasteiger partial charge in [-0.3, -0.25) is 19.2 Å². The number of unbranched alkanes of at least 4 members (excludes halogenated alkanes) is 1. The predicted octanol–water partition coefficient (Wildman–Crippen LogP) is -1.82. The molecule has 0 radical (unpaired) electrons. The van der Waals surface area contributed by atoms with Gasteiger partial charge in [0, 0.05) is 13.0 Å². The van der Waals surface area contributed by atoms with E-state index >= 15 is 0 Å². The Balaban J connectivity index is 2.04. The smallest absolute Gasteiger partial charge is 0.326 e. The quantitative estimate of drug-likeness (QED) is 0.170. The van der Waals surface area contributed by atoms with Crippen LogP contribution in [0.25, 0.3) is 0 Å². The molecule has 4 amide bonds. The van der Waals surface area contributed by atoms with Gasteiger partial charge in [-0.25, -0.2) is 4.79 Å². The highest BCUT2D eigenvalue weighted by molar-refractivity contribution is 5.94. The first-order chi connectivity index (χ1) is 15.7. The average molecular weight is 469 g/mol. The standard InChI is InChI=1S/C21H36N6O6/c22-10-2-1-5-13(18(29)26-15(21(32)33)8-9-17(23)28)25-19(30)16-7-4-12-27(16)20(31)14-6-3-11-24-14/h13-16,24H,1-12,22H2,(H2,23,28)(H,25,30)(H,26,29)(H,32,33). The molecule has 2 saturated heterocycles. The molecule has 4 unspecified atom stereocenters. The highest BCUT2D eigenvalue weighted by atomic mass is 16.4. The lowest BCUT2D eigenvalue weighted by Crippen LogP contribution is -2.56. The molecule has 0 saturated carbocycles. The van der Waals surface area contributed by atoms with E-state index in [2.05, 4.69) is 16.0 Å². The highest BCUT2D eigenvalue weighted by Crippen LogP contribution is 2.21. The summed E-state index contributed by atoms with van der Waals surface area (Å²) in [6.45, 7) is 1.66. The highest BCUT2D eigenvalue weighted by Gasteiger charge is 2.39. The van der Waals surface area contributed by atoms with Gasteiger partial charge in [0.2, 0.25) is 23.6 Å². The number of amides is 4. The Kier molecular flexibility index (Phi) is 10.5. The van der Waals surface area contributed by atoms with E-state index in [9.17, 15) is 29.1 Å². The van der Waals surface area contributed by atoms with Crippen molar-refractivity contribution in [1.82, 2.24) is 20.9 Å². The lowest BCUT2D eigenvalue weighted by molar-refractivity contribution is -0.143. The fourth-order valence-corrected chi connectivity index (χ4v) is 4.24. The minimum atomic E-state index is -1.31. The monoisotopic (exact) mass is 468 g/mol. The number of primary amides is 1. The van der Waals surface area contributed by atoms with Gasteiger partial charge in [-0.2, -0.15) is 0 Å². The summed E-state index contributed by atoms with van der Waals surface area (Å²) in [4.78, 5) is 62.8. The topological polar surface area (TPSA) is 197 Å². The van der Waals surface area contributed by atoms with Crippen molar-refractivity contribution < 1.29 is 29.1 Å². The summed E-state index contributed by atoms with van der Waals surface area (Å²) in [5.41, 5.74) is 10.6. The first-order valence-corrected chi connectivity index (χ1v) is 11.6. The lowest BCUT2D eigenvalue weighted by Gasteiger charge is -2.28. The summed E-state index contributed by atoms with van der Waals surface area (Å²) in [5.74, 6) is -3.17. The molecule has 0 aromatic carbocycles. The molecular formula is C21H36N6O6. The van der Waals surface area contributed by atoms with Crippen molar-refractivity contribution in [1.29, 1.82) is 0 Å². The van der Waals surface area contributed by atoms with Gasteiger partial charge in [0.15, 0.2) is 0 Å². The number of aliphatic carboxylic acids is 1. The fraction of sp³-hybridized carbons (Fsp3) is 0.762. The lowest BCUT2D eigenvalue weighted by atomic mass is 10.1. The molecule has 2 aliphatic heterocycles. The maximum Gasteiger partial charge on any atom is 0.326 e. The summed E-state index contributed by atoms with van der Waals surface area (Å²) < 4.78 is 0. The second kappa shape index (κ2) is 13.1. The zero-order chi connectivity index (χ0) is 24.4. The number of hydrogen-bond donors (Lipinski definition) is 6. The SMILES string of the molecule is NCCCCC(NC(=O)C1CCCN1C(=O)C1CCCN1)C(=O)NC(CCC(N)=O)C(=O)O. The van der Waals surface area contributed by atoms with Crippen molar-refractivity contribution in [3.05, 3.63) is 0 Å². The Labute approximate surface area is 193 Å². The second-order valence-corrected chi connectivity index (χ2v) is 8.59. The summed E-state index contributed by atoms with van der Waals surface area (Å²) >= 11 is 0. The van der Waals surface area contributed by atoms with Gasteiger partial charge >= 0.3 is 5.97 Å². The zero-order valence-corrected chi connectivity index (χ0v) is 18.9. The second-order valence-electron chi connectivity index (χ2n) is 8.59. The van der Waals surface area contributed by atoms with E-state index in [-0.39, 0.29) is 31.2 Å². The number of carbonyl (C=O) groups excluding carboxylic acids is 4. The Morgan fingerprint density at radius 1 is 1.03 bits per heavy atom. The Morgan fingerprint density at radius 3 is 2.39 bits per heavy atom. The van der Waals surface area contributed by atoms with Gasteiger partial charge in [-0.05, 0) is 64.5 Å². The van der Waals surface area contributed by atoms with Crippen molar-refractivity contribution >= 4 is 29.6 Å². The number of nitrogens with zero attached hydrogens (tertiary/aromatic N) is 1. The van der Waals surface area contributed by atoms with Crippen LogP contribution in [0.15, 0.2) is 0 Å². The normalized spacial score (nSPS) is 21.9. The summed E-state index contributed by atoms with van der Waals surface area (Å²) in [6, 6.07) is -3.25. The van der Waals surface area contributed by atoms with Gasteiger partial charge in [-0.1, -0.05) is 0 Å². The maximum atomic E-state index is 13.0. The van der Waals surface area contributed by atoms with E-state index in [0.717, 1.165) is 19.4 Å². The Morgan fingerprint density at radius 2 is 1.79 bits per heavy atom. The number of rotatable bonds is 13. The van der Waals surface area contributed by atoms with E-state index in [1.165, 1.54) is 0 Å². The molecule has 0 aromatic heterocycles. The van der Waals surface area contributed by atoms with Crippen molar-refractivity contribution in [3.8, 4) is 0 Å². The van der Waals surface area contributed by atoms with E-state index in [1.807, 2.05) is 0 Å². The van der Waals surface area contributed by atoms with Gasteiger partial charge in [0.05, 0.1) is 6.04 Å². The third-order valence-corrected chi connectivity index (χ3v) is 6.07. The minimum Gasteiger partial charge on any atom is -0.480 e. The molecule has 12 heteroatoms.